The van der Waals surface area contributed by atoms with Gasteiger partial charge < -0.3 is 0 Å². The van der Waals surface area contributed by atoms with Crippen molar-refractivity contribution in [3.63, 3.8) is 0 Å². The number of ether oxygens (including phenoxy) is 1. The molecule has 0 saturated heterocycles. The van der Waals surface area contributed by atoms with Crippen LogP contribution >= 0.6 is 0 Å². The summed E-state index contributed by atoms with van der Waals surface area (Å²) in [4.78, 5) is 0. The Hall–Kier alpha value is -0.344. The van der Waals surface area contributed by atoms with Crippen LogP contribution in [0.3, 0.4) is 0 Å². The molecule has 1 radical (unpaired) electrons. The number of rotatable bonds is 1. The van der Waals surface area contributed by atoms with Gasteiger partial charge in [-0.05, 0) is 0 Å². The van der Waals surface area contributed by atoms with E-state index >= 15 is 0 Å². The Balaban J connectivity index is 2.55. The standard InChI is InChI=1S/C14H17O.Po/c1-5-14(4)9-8-12-10(2)6-7-11(3)13(12)15-14;/h5,7H,1,8-9H2,2-4H3;/t14-;/m1./s1. The number of aryl methyl sites for hydroxylation is 1. The first kappa shape index (κ1) is 12.1. The molecule has 0 saturated carbocycles. The average Bonchev–Trinajstić information content (AvgIpc) is 2.26. The van der Waals surface area contributed by atoms with E-state index in [2.05, 4.69) is 33.4 Å². The van der Waals surface area contributed by atoms with Crippen LogP contribution in [0.5, 0.6) is 5.75 Å². The monoisotopic (exact) mass is 410 g/mol. The predicted octanol–water partition coefficient (Wildman–Crippen LogP) is 2.37. The summed E-state index contributed by atoms with van der Waals surface area (Å²) in [6, 6.07) is 2.25. The van der Waals surface area contributed by atoms with Gasteiger partial charge in [0.2, 0.25) is 0 Å². The van der Waals surface area contributed by atoms with E-state index < -0.39 is 0 Å². The Bertz CT molecular complexity index is 451. The van der Waals surface area contributed by atoms with Crippen LogP contribution in [0.25, 0.3) is 0 Å². The van der Waals surface area contributed by atoms with Crippen molar-refractivity contribution >= 4 is 28.3 Å². The van der Waals surface area contributed by atoms with Gasteiger partial charge in [-0.2, -0.15) is 0 Å². The quantitative estimate of drug-likeness (QED) is 0.647. The molecular weight excluding hydrogens is 393 g/mol. The van der Waals surface area contributed by atoms with Gasteiger partial charge in [0.15, 0.2) is 0 Å². The van der Waals surface area contributed by atoms with Crippen LogP contribution in [-0.4, -0.2) is 30.7 Å². The SMILES string of the molecule is C=C[C@]1(C)CCc2c(C)[c]([Po])cc(C)c2O1. The van der Waals surface area contributed by atoms with Crippen molar-refractivity contribution in [2.24, 2.45) is 0 Å². The molecule has 0 aliphatic carbocycles. The van der Waals surface area contributed by atoms with Crippen molar-refractivity contribution in [1.82, 2.24) is 0 Å². The fraction of sp³-hybridized carbons (Fsp3) is 0.429. The van der Waals surface area contributed by atoms with E-state index in [0.29, 0.717) is 0 Å². The Morgan fingerprint density at radius 2 is 2.19 bits per heavy atom. The minimum absolute atomic E-state index is 0.188. The summed E-state index contributed by atoms with van der Waals surface area (Å²) in [5.41, 5.74) is 3.90. The molecule has 0 spiro atoms. The summed E-state index contributed by atoms with van der Waals surface area (Å²) in [5, 5.41) is 0. The van der Waals surface area contributed by atoms with Crippen LogP contribution in [0.15, 0.2) is 18.7 Å². The first-order valence-electron chi connectivity index (χ1n) is 5.59. The summed E-state index contributed by atoms with van der Waals surface area (Å²) >= 11 is 1.54. The third-order valence-electron chi connectivity index (χ3n) is 3.44. The summed E-state index contributed by atoms with van der Waals surface area (Å²) < 4.78 is 7.57. The number of fused-ring (bicyclic) bond motifs is 1. The molecular formula is C14H17OPo. The van der Waals surface area contributed by atoms with E-state index in [9.17, 15) is 0 Å². The summed E-state index contributed by atoms with van der Waals surface area (Å²) in [7, 11) is 0. The van der Waals surface area contributed by atoms with Crippen molar-refractivity contribution in [2.75, 3.05) is 0 Å². The molecule has 2 heteroatoms. The van der Waals surface area contributed by atoms with Crippen molar-refractivity contribution in [3.05, 3.63) is 35.4 Å². The van der Waals surface area contributed by atoms with Gasteiger partial charge in [-0.15, -0.1) is 0 Å². The van der Waals surface area contributed by atoms with E-state index in [1.807, 2.05) is 6.08 Å². The predicted molar refractivity (Wildman–Crippen MR) is 68.9 cm³/mol. The van der Waals surface area contributed by atoms with Crippen molar-refractivity contribution in [1.29, 1.82) is 0 Å². The maximum atomic E-state index is 6.13. The van der Waals surface area contributed by atoms with Gasteiger partial charge in [-0.25, -0.2) is 0 Å². The third-order valence-corrected chi connectivity index (χ3v) is 5.09. The Morgan fingerprint density at radius 3 is 2.81 bits per heavy atom. The first-order valence-corrected chi connectivity index (χ1v) is 7.18. The van der Waals surface area contributed by atoms with Gasteiger partial charge in [0.1, 0.15) is 0 Å². The molecule has 0 fully saturated rings. The second-order valence-corrected chi connectivity index (χ2v) is 6.45. The van der Waals surface area contributed by atoms with Crippen LogP contribution in [0.4, 0.5) is 0 Å². The van der Waals surface area contributed by atoms with Crippen LogP contribution in [0, 0.1) is 13.8 Å². The molecule has 1 nitrogen and oxygen atoms in total. The first-order chi connectivity index (χ1) is 7.47. The molecule has 0 bridgehead atoms. The van der Waals surface area contributed by atoms with E-state index in [4.69, 9.17) is 4.74 Å². The van der Waals surface area contributed by atoms with E-state index in [1.165, 1.54) is 45.0 Å². The number of hydrogen-bond donors (Lipinski definition) is 0. The van der Waals surface area contributed by atoms with Crippen molar-refractivity contribution in [3.8, 4) is 5.75 Å². The van der Waals surface area contributed by atoms with Crippen LogP contribution in [0.1, 0.15) is 30.0 Å². The molecule has 1 heterocycles. The Kier molecular flexibility index (Phi) is 3.15. The molecule has 1 atom stereocenters. The molecule has 0 unspecified atom stereocenters. The fourth-order valence-corrected chi connectivity index (χ4v) is 3.34. The number of benzene rings is 1. The Morgan fingerprint density at radius 1 is 1.50 bits per heavy atom. The molecule has 0 amide bonds. The fourth-order valence-electron chi connectivity index (χ4n) is 2.17. The second-order valence-electron chi connectivity index (χ2n) is 4.74. The molecule has 1 aliphatic heterocycles. The van der Waals surface area contributed by atoms with Gasteiger partial charge in [0.25, 0.3) is 0 Å². The molecule has 85 valence electrons. The van der Waals surface area contributed by atoms with E-state index in [-0.39, 0.29) is 5.60 Å². The third kappa shape index (κ3) is 1.93. The summed E-state index contributed by atoms with van der Waals surface area (Å²) in [6.07, 6.45) is 4.06. The van der Waals surface area contributed by atoms with E-state index in [1.54, 1.807) is 0 Å². The minimum atomic E-state index is -0.188. The molecule has 1 aliphatic rings. The molecule has 16 heavy (non-hydrogen) atoms. The van der Waals surface area contributed by atoms with E-state index in [0.717, 1.165) is 18.6 Å². The van der Waals surface area contributed by atoms with Crippen LogP contribution in [-0.2, 0) is 6.42 Å². The number of hydrogen-bond acceptors (Lipinski definition) is 1. The summed E-state index contributed by atoms with van der Waals surface area (Å²) in [6.45, 7) is 10.3. The molecule has 1 aromatic rings. The second kappa shape index (κ2) is 4.15. The summed E-state index contributed by atoms with van der Waals surface area (Å²) in [5.74, 6) is 1.09. The zero-order valence-corrected chi connectivity index (χ0v) is 13.3. The zero-order chi connectivity index (χ0) is 11.9. The normalized spacial score (nSPS) is 23.4. The topological polar surface area (TPSA) is 9.23 Å². The molecule has 0 aromatic heterocycles. The van der Waals surface area contributed by atoms with Crippen molar-refractivity contribution < 1.29 is 4.74 Å². The van der Waals surface area contributed by atoms with Crippen molar-refractivity contribution in [2.45, 2.75) is 39.2 Å². The van der Waals surface area contributed by atoms with Gasteiger partial charge in [0.05, 0.1) is 0 Å². The molecule has 2 rings (SSSR count). The van der Waals surface area contributed by atoms with Gasteiger partial charge in [-0.1, -0.05) is 0 Å². The van der Waals surface area contributed by atoms with Crippen LogP contribution < -0.4 is 7.96 Å². The molecule has 0 N–H and O–H groups in total. The maximum absolute atomic E-state index is 6.13. The van der Waals surface area contributed by atoms with Gasteiger partial charge in [0, 0.05) is 0 Å². The average molecular weight is 410 g/mol. The zero-order valence-electron chi connectivity index (χ0n) is 10.1. The van der Waals surface area contributed by atoms with Gasteiger partial charge in [-0.3, -0.25) is 0 Å². The van der Waals surface area contributed by atoms with Gasteiger partial charge >= 0.3 is 113 Å². The molecule has 1 aromatic carbocycles. The van der Waals surface area contributed by atoms with Crippen LogP contribution in [0.2, 0.25) is 0 Å². The Labute approximate surface area is 113 Å².